The number of pyridine rings is 1. The first kappa shape index (κ1) is 7.33. The third-order valence-electron chi connectivity index (χ3n) is 1.20. The van der Waals surface area contributed by atoms with Gasteiger partial charge in [0, 0.05) is 6.20 Å². The van der Waals surface area contributed by atoms with Crippen LogP contribution in [0.3, 0.4) is 0 Å². The van der Waals surface area contributed by atoms with E-state index in [0.29, 0.717) is 4.73 Å². The Kier molecular flexibility index (Phi) is 1.63. The summed E-state index contributed by atoms with van der Waals surface area (Å²) in [7, 11) is 0. The quantitative estimate of drug-likeness (QED) is 0.494. The molecule has 0 radical (unpaired) electrons. The summed E-state index contributed by atoms with van der Waals surface area (Å²) < 4.78 is 0.448. The highest BCUT2D eigenvalue weighted by Crippen LogP contribution is 1.88. The number of aromatic carboxylic acids is 1. The summed E-state index contributed by atoms with van der Waals surface area (Å²) in [5.74, 6) is -1.22. The van der Waals surface area contributed by atoms with E-state index in [1.54, 1.807) is 0 Å². The Morgan fingerprint density at radius 3 is 2.73 bits per heavy atom. The number of rotatable bonds is 1. The van der Waals surface area contributed by atoms with E-state index in [1.807, 2.05) is 0 Å². The van der Waals surface area contributed by atoms with Crippen LogP contribution in [0.5, 0.6) is 0 Å². The van der Waals surface area contributed by atoms with Gasteiger partial charge in [-0.3, -0.25) is 5.41 Å². The van der Waals surface area contributed by atoms with Crippen molar-refractivity contribution in [1.82, 2.24) is 4.73 Å². The summed E-state index contributed by atoms with van der Waals surface area (Å²) in [6.45, 7) is 0. The number of nitrogens with zero attached hydrogens (tertiary/aromatic N) is 1. The van der Waals surface area contributed by atoms with Crippen molar-refractivity contribution in [2.45, 2.75) is 0 Å². The molecule has 1 aromatic heterocycles. The summed E-state index contributed by atoms with van der Waals surface area (Å²) in [5.41, 5.74) is -0.657. The lowest BCUT2D eigenvalue weighted by molar-refractivity contribution is 0.0686. The van der Waals surface area contributed by atoms with Crippen molar-refractivity contribution in [2.75, 3.05) is 0 Å². The Labute approximate surface area is 61.6 Å². The van der Waals surface area contributed by atoms with Gasteiger partial charge in [-0.05, 0) is 12.1 Å². The first-order valence-corrected chi connectivity index (χ1v) is 2.81. The molecule has 0 unspecified atom stereocenters. The van der Waals surface area contributed by atoms with E-state index in [2.05, 4.69) is 0 Å². The van der Waals surface area contributed by atoms with Crippen LogP contribution in [0.1, 0.15) is 10.4 Å². The molecular formula is C6H6N2O3. The van der Waals surface area contributed by atoms with Gasteiger partial charge in [-0.15, -0.1) is 0 Å². The van der Waals surface area contributed by atoms with Crippen LogP contribution in [-0.4, -0.2) is 21.0 Å². The summed E-state index contributed by atoms with van der Waals surface area (Å²) in [6, 6.07) is 2.60. The van der Waals surface area contributed by atoms with Crippen LogP contribution in [0.4, 0.5) is 0 Å². The van der Waals surface area contributed by atoms with Gasteiger partial charge in [-0.25, -0.2) is 4.79 Å². The number of aromatic nitrogens is 1. The van der Waals surface area contributed by atoms with Gasteiger partial charge >= 0.3 is 5.97 Å². The van der Waals surface area contributed by atoms with E-state index in [9.17, 15) is 4.79 Å². The van der Waals surface area contributed by atoms with Crippen LogP contribution in [0, 0.1) is 5.41 Å². The van der Waals surface area contributed by atoms with E-state index >= 15 is 0 Å². The average Bonchev–Trinajstić information content (AvgIpc) is 1.94. The SMILES string of the molecule is N=c1c(C(=O)O)cccn1O. The van der Waals surface area contributed by atoms with Crippen molar-refractivity contribution in [2.24, 2.45) is 0 Å². The molecule has 0 atom stereocenters. The van der Waals surface area contributed by atoms with Crippen LogP contribution in [0.2, 0.25) is 0 Å². The lowest BCUT2D eigenvalue weighted by atomic mass is 10.3. The zero-order valence-corrected chi connectivity index (χ0v) is 5.48. The molecule has 5 heteroatoms. The molecule has 0 saturated heterocycles. The number of hydrogen-bond acceptors (Lipinski definition) is 3. The zero-order valence-electron chi connectivity index (χ0n) is 5.48. The fourth-order valence-corrected chi connectivity index (χ4v) is 0.670. The maximum atomic E-state index is 10.3. The second kappa shape index (κ2) is 2.45. The van der Waals surface area contributed by atoms with Crippen LogP contribution >= 0.6 is 0 Å². The van der Waals surface area contributed by atoms with Gasteiger partial charge in [0.25, 0.3) is 0 Å². The predicted molar refractivity (Wildman–Crippen MR) is 34.4 cm³/mol. The van der Waals surface area contributed by atoms with Gasteiger partial charge in [0.05, 0.1) is 0 Å². The van der Waals surface area contributed by atoms with Gasteiger partial charge in [-0.1, -0.05) is 0 Å². The minimum absolute atomic E-state index is 0.227. The Hall–Kier alpha value is -1.78. The largest absolute Gasteiger partial charge is 0.478 e. The summed E-state index contributed by atoms with van der Waals surface area (Å²) in [5, 5.41) is 24.3. The molecule has 0 bridgehead atoms. The van der Waals surface area contributed by atoms with Crippen LogP contribution in [-0.2, 0) is 0 Å². The lowest BCUT2D eigenvalue weighted by Crippen LogP contribution is -2.23. The molecule has 0 amide bonds. The molecule has 5 nitrogen and oxygen atoms in total. The molecule has 0 aliphatic carbocycles. The standard InChI is InChI=1S/C6H6N2O3/c7-5-4(6(9)10)2-1-3-8(5)11/h1-3,7,11H,(H,9,10). The van der Waals surface area contributed by atoms with E-state index < -0.39 is 11.5 Å². The molecule has 1 aromatic rings. The first-order chi connectivity index (χ1) is 5.13. The maximum Gasteiger partial charge on any atom is 0.339 e. The fourth-order valence-electron chi connectivity index (χ4n) is 0.670. The van der Waals surface area contributed by atoms with Crippen molar-refractivity contribution in [3.8, 4) is 0 Å². The van der Waals surface area contributed by atoms with Crippen molar-refractivity contribution in [3.63, 3.8) is 0 Å². The molecule has 3 N–H and O–H groups in total. The molecule has 1 rings (SSSR count). The van der Waals surface area contributed by atoms with Gasteiger partial charge in [0.1, 0.15) is 5.56 Å². The second-order valence-electron chi connectivity index (χ2n) is 1.92. The second-order valence-corrected chi connectivity index (χ2v) is 1.92. The van der Waals surface area contributed by atoms with E-state index in [1.165, 1.54) is 18.3 Å². The minimum atomic E-state index is -1.22. The molecular weight excluding hydrogens is 148 g/mol. The van der Waals surface area contributed by atoms with Crippen molar-refractivity contribution in [1.29, 1.82) is 5.41 Å². The number of carbonyl (C=O) groups is 1. The smallest absolute Gasteiger partial charge is 0.339 e. The van der Waals surface area contributed by atoms with Crippen molar-refractivity contribution in [3.05, 3.63) is 29.4 Å². The maximum absolute atomic E-state index is 10.3. The molecule has 0 spiro atoms. The summed E-state index contributed by atoms with van der Waals surface area (Å²) >= 11 is 0. The Morgan fingerprint density at radius 2 is 2.27 bits per heavy atom. The molecule has 0 saturated carbocycles. The molecule has 0 aliphatic heterocycles. The molecule has 0 aliphatic rings. The van der Waals surface area contributed by atoms with Gasteiger partial charge in [-0.2, -0.15) is 4.73 Å². The Balaban J connectivity index is 3.40. The molecule has 58 valence electrons. The third-order valence-corrected chi connectivity index (χ3v) is 1.20. The number of carboxylic acid groups (broad SMARTS) is 1. The first-order valence-electron chi connectivity index (χ1n) is 2.81. The van der Waals surface area contributed by atoms with Crippen LogP contribution in [0.15, 0.2) is 18.3 Å². The molecule has 0 aromatic carbocycles. The molecule has 11 heavy (non-hydrogen) atoms. The molecule has 0 fully saturated rings. The topological polar surface area (TPSA) is 86.3 Å². The van der Waals surface area contributed by atoms with Crippen LogP contribution in [0.25, 0.3) is 0 Å². The Morgan fingerprint density at radius 1 is 1.64 bits per heavy atom. The predicted octanol–water partition coefficient (Wildman–Crippen LogP) is -0.0969. The number of hydrogen-bond donors (Lipinski definition) is 3. The zero-order chi connectivity index (χ0) is 8.43. The van der Waals surface area contributed by atoms with Gasteiger partial charge in [0.2, 0.25) is 0 Å². The summed E-state index contributed by atoms with van der Waals surface area (Å²) in [4.78, 5) is 10.3. The van der Waals surface area contributed by atoms with Crippen LogP contribution < -0.4 is 5.49 Å². The number of nitrogens with one attached hydrogen (secondary N) is 1. The Bertz CT molecular complexity index is 342. The van der Waals surface area contributed by atoms with Crippen molar-refractivity contribution >= 4 is 5.97 Å². The average molecular weight is 154 g/mol. The summed E-state index contributed by atoms with van der Waals surface area (Å²) in [6.07, 6.45) is 1.19. The van der Waals surface area contributed by atoms with E-state index in [0.717, 1.165) is 0 Å². The third kappa shape index (κ3) is 1.21. The van der Waals surface area contributed by atoms with Gasteiger partial charge < -0.3 is 10.3 Å². The van der Waals surface area contributed by atoms with Gasteiger partial charge in [0.15, 0.2) is 5.49 Å². The number of carboxylic acids is 1. The normalized spacial score (nSPS) is 9.45. The highest BCUT2D eigenvalue weighted by atomic mass is 16.5. The van der Waals surface area contributed by atoms with E-state index in [-0.39, 0.29) is 5.56 Å². The monoisotopic (exact) mass is 154 g/mol. The van der Waals surface area contributed by atoms with Crippen molar-refractivity contribution < 1.29 is 15.1 Å². The lowest BCUT2D eigenvalue weighted by Gasteiger charge is -1.97. The van der Waals surface area contributed by atoms with E-state index in [4.69, 9.17) is 15.7 Å². The minimum Gasteiger partial charge on any atom is -0.478 e. The highest BCUT2D eigenvalue weighted by Gasteiger charge is 2.05. The fraction of sp³-hybridized carbons (Fsp3) is 0. The molecule has 1 heterocycles. The highest BCUT2D eigenvalue weighted by molar-refractivity contribution is 5.86.